The summed E-state index contributed by atoms with van der Waals surface area (Å²) in [4.78, 5) is -0.167. The van der Waals surface area contributed by atoms with Crippen molar-refractivity contribution in [1.29, 1.82) is 0 Å². The van der Waals surface area contributed by atoms with Crippen LogP contribution in [0.15, 0.2) is 70.5 Å². The molecule has 3 aromatic rings. The molecule has 6 nitrogen and oxygen atoms in total. The highest BCUT2D eigenvalue weighted by molar-refractivity contribution is 7.87. The van der Waals surface area contributed by atoms with Crippen molar-refractivity contribution < 1.29 is 25.2 Å². The van der Waals surface area contributed by atoms with E-state index >= 15 is 0 Å². The fraction of sp³-hybridized carbons (Fsp3) is 0.333. The van der Waals surface area contributed by atoms with E-state index in [4.69, 9.17) is 8.37 Å². The van der Waals surface area contributed by atoms with Crippen LogP contribution in [0.1, 0.15) is 49.9 Å². The van der Waals surface area contributed by atoms with Crippen LogP contribution < -0.4 is 0 Å². The second kappa shape index (κ2) is 10.6. The number of benzene rings is 3. The lowest BCUT2D eigenvalue weighted by atomic mass is 9.99. The van der Waals surface area contributed by atoms with Crippen LogP contribution in [-0.4, -0.2) is 29.0 Å². The van der Waals surface area contributed by atoms with E-state index in [-0.39, 0.29) is 20.9 Å². The van der Waals surface area contributed by atoms with E-state index in [0.717, 1.165) is 16.7 Å². The summed E-state index contributed by atoms with van der Waals surface area (Å²) >= 11 is 0. The maximum atomic E-state index is 13.3. The molecule has 8 heteroatoms. The third kappa shape index (κ3) is 6.79. The zero-order chi connectivity index (χ0) is 26.0. The minimum absolute atomic E-state index is 0.0827. The van der Waals surface area contributed by atoms with Crippen LogP contribution in [0.2, 0.25) is 0 Å². The third-order valence-electron chi connectivity index (χ3n) is 5.18. The van der Waals surface area contributed by atoms with Crippen LogP contribution in [0.3, 0.4) is 0 Å². The smallest absolute Gasteiger partial charge is 0.264 e. The van der Waals surface area contributed by atoms with E-state index in [9.17, 15) is 16.8 Å². The SMILES string of the molecule is Cc1ccc(Cc2ccc(-c3ccc(C)cc3S(=O)(=O)OC(C)C)c(S(=O)(=O)OC(C)C)c2)cc1. The minimum Gasteiger partial charge on any atom is -0.264 e. The highest BCUT2D eigenvalue weighted by atomic mass is 32.2. The van der Waals surface area contributed by atoms with E-state index < -0.39 is 32.4 Å². The summed E-state index contributed by atoms with van der Waals surface area (Å²) in [6, 6.07) is 17.8. The molecular weight excluding hydrogens is 484 g/mol. The lowest BCUT2D eigenvalue weighted by molar-refractivity contribution is 0.247. The molecule has 0 aliphatic heterocycles. The Morgan fingerprint density at radius 3 is 1.54 bits per heavy atom. The van der Waals surface area contributed by atoms with E-state index in [1.54, 1.807) is 58.9 Å². The Morgan fingerprint density at radius 1 is 0.600 bits per heavy atom. The first-order valence-electron chi connectivity index (χ1n) is 11.4. The summed E-state index contributed by atoms with van der Waals surface area (Å²) < 4.78 is 63.2. The Labute approximate surface area is 209 Å². The Balaban J connectivity index is 2.23. The van der Waals surface area contributed by atoms with E-state index in [1.807, 2.05) is 37.3 Å². The average Bonchev–Trinajstić information content (AvgIpc) is 2.74. The highest BCUT2D eigenvalue weighted by Gasteiger charge is 2.28. The van der Waals surface area contributed by atoms with Gasteiger partial charge >= 0.3 is 0 Å². The summed E-state index contributed by atoms with van der Waals surface area (Å²) in [6.07, 6.45) is -0.642. The summed E-state index contributed by atoms with van der Waals surface area (Å²) in [5, 5.41) is 0. The summed E-state index contributed by atoms with van der Waals surface area (Å²) in [7, 11) is -8.34. The van der Waals surface area contributed by atoms with Gasteiger partial charge in [0.05, 0.1) is 12.2 Å². The van der Waals surface area contributed by atoms with Crippen molar-refractivity contribution in [3.05, 3.63) is 82.9 Å². The maximum Gasteiger partial charge on any atom is 0.297 e. The fourth-order valence-electron chi connectivity index (χ4n) is 3.72. The standard InChI is InChI=1S/C27H32O6S2/c1-18(2)32-34(28,29)26-15-21(6)9-13-24(26)25-14-12-23(16-22-10-7-20(5)8-11-22)17-27(25)35(30,31)33-19(3)4/h7-15,17-19H,16H2,1-6H3. The quantitative estimate of drug-likeness (QED) is 0.335. The van der Waals surface area contributed by atoms with Gasteiger partial charge in [-0.2, -0.15) is 16.8 Å². The predicted molar refractivity (Wildman–Crippen MR) is 137 cm³/mol. The molecular formula is C27H32O6S2. The molecule has 3 rings (SSSR count). The summed E-state index contributed by atoms with van der Waals surface area (Å²) in [5.74, 6) is 0. The molecule has 0 amide bonds. The Kier molecular flexibility index (Phi) is 8.21. The largest absolute Gasteiger partial charge is 0.297 e. The molecule has 0 radical (unpaired) electrons. The monoisotopic (exact) mass is 516 g/mol. The van der Waals surface area contributed by atoms with Crippen LogP contribution >= 0.6 is 0 Å². The number of hydrogen-bond donors (Lipinski definition) is 0. The second-order valence-electron chi connectivity index (χ2n) is 9.19. The molecule has 0 atom stereocenters. The zero-order valence-electron chi connectivity index (χ0n) is 20.9. The predicted octanol–water partition coefficient (Wildman–Crippen LogP) is 5.79. The topological polar surface area (TPSA) is 86.7 Å². The van der Waals surface area contributed by atoms with Gasteiger partial charge in [0.2, 0.25) is 0 Å². The van der Waals surface area contributed by atoms with Crippen molar-refractivity contribution in [1.82, 2.24) is 0 Å². The molecule has 0 fully saturated rings. The van der Waals surface area contributed by atoms with Gasteiger partial charge in [0.1, 0.15) is 9.79 Å². The van der Waals surface area contributed by atoms with Gasteiger partial charge in [-0.15, -0.1) is 0 Å². The van der Waals surface area contributed by atoms with E-state index in [1.165, 1.54) is 6.07 Å². The molecule has 0 N–H and O–H groups in total. The fourth-order valence-corrected chi connectivity index (χ4v) is 6.46. The van der Waals surface area contributed by atoms with Gasteiger partial charge in [0, 0.05) is 11.1 Å². The van der Waals surface area contributed by atoms with Crippen LogP contribution in [0, 0.1) is 13.8 Å². The van der Waals surface area contributed by atoms with Gasteiger partial charge in [-0.25, -0.2) is 0 Å². The van der Waals surface area contributed by atoms with Gasteiger partial charge in [-0.05, 0) is 76.8 Å². The number of rotatable bonds is 9. The molecule has 188 valence electrons. The molecule has 35 heavy (non-hydrogen) atoms. The Morgan fingerprint density at radius 2 is 1.03 bits per heavy atom. The molecule has 0 aromatic heterocycles. The summed E-state index contributed by atoms with van der Waals surface area (Å²) in [6.45, 7) is 10.3. The molecule has 0 unspecified atom stereocenters. The van der Waals surface area contributed by atoms with Gasteiger partial charge in [-0.1, -0.05) is 54.1 Å². The van der Waals surface area contributed by atoms with Gasteiger partial charge in [0.25, 0.3) is 20.2 Å². The molecule has 0 heterocycles. The molecule has 0 saturated carbocycles. The molecule has 0 aliphatic rings. The maximum absolute atomic E-state index is 13.3. The first-order valence-corrected chi connectivity index (χ1v) is 14.3. The molecule has 0 saturated heterocycles. The highest BCUT2D eigenvalue weighted by Crippen LogP contribution is 2.36. The molecule has 0 aliphatic carbocycles. The average molecular weight is 517 g/mol. The van der Waals surface area contributed by atoms with Gasteiger partial charge in [0.15, 0.2) is 0 Å². The second-order valence-corrected chi connectivity index (χ2v) is 12.3. The van der Waals surface area contributed by atoms with Crippen molar-refractivity contribution in [2.75, 3.05) is 0 Å². The van der Waals surface area contributed by atoms with Crippen molar-refractivity contribution in [2.45, 2.75) is 70.0 Å². The minimum atomic E-state index is -4.19. The first-order chi connectivity index (χ1) is 16.3. The lowest BCUT2D eigenvalue weighted by Gasteiger charge is -2.18. The lowest BCUT2D eigenvalue weighted by Crippen LogP contribution is -2.16. The number of aryl methyl sites for hydroxylation is 2. The van der Waals surface area contributed by atoms with Gasteiger partial charge in [-0.3, -0.25) is 8.37 Å². The van der Waals surface area contributed by atoms with Crippen LogP contribution in [0.4, 0.5) is 0 Å². The summed E-state index contributed by atoms with van der Waals surface area (Å²) in [5.41, 5.74) is 4.11. The van der Waals surface area contributed by atoms with Gasteiger partial charge < -0.3 is 0 Å². The molecule has 0 spiro atoms. The van der Waals surface area contributed by atoms with Crippen molar-refractivity contribution >= 4 is 20.2 Å². The van der Waals surface area contributed by atoms with Crippen LogP contribution in [-0.2, 0) is 35.0 Å². The van der Waals surface area contributed by atoms with E-state index in [2.05, 4.69) is 0 Å². The van der Waals surface area contributed by atoms with E-state index in [0.29, 0.717) is 12.0 Å². The van der Waals surface area contributed by atoms with Crippen LogP contribution in [0.25, 0.3) is 11.1 Å². The van der Waals surface area contributed by atoms with Crippen molar-refractivity contribution in [2.24, 2.45) is 0 Å². The van der Waals surface area contributed by atoms with Crippen molar-refractivity contribution in [3.8, 4) is 11.1 Å². The Bertz CT molecular complexity index is 1400. The first kappa shape index (κ1) is 27.1. The normalized spacial score (nSPS) is 12.5. The molecule has 0 bridgehead atoms. The van der Waals surface area contributed by atoms with Crippen LogP contribution in [0.5, 0.6) is 0 Å². The number of hydrogen-bond acceptors (Lipinski definition) is 6. The Hall–Kier alpha value is -2.52. The zero-order valence-corrected chi connectivity index (χ0v) is 22.5. The van der Waals surface area contributed by atoms with Crippen molar-refractivity contribution in [3.63, 3.8) is 0 Å². The molecule has 3 aromatic carbocycles. The third-order valence-corrected chi connectivity index (χ3v) is 8.21.